The lowest BCUT2D eigenvalue weighted by Crippen LogP contribution is -2.45. The predicted octanol–water partition coefficient (Wildman–Crippen LogP) is 2.36. The first-order valence-corrected chi connectivity index (χ1v) is 13.5. The number of H-pyrrole nitrogens is 2. The normalized spacial score (nSPS) is 12.0. The number of aromatic hydroxyl groups is 1. The number of carbonyl (C=O) groups is 1. The summed E-state index contributed by atoms with van der Waals surface area (Å²) in [4.78, 5) is 62.3. The minimum Gasteiger partial charge on any atom is -0.510 e. The molecule has 0 fully saturated rings. The highest BCUT2D eigenvalue weighted by Crippen LogP contribution is 2.17. The Morgan fingerprint density at radius 3 is 2.24 bits per heavy atom. The molecule has 3 aromatic carbocycles. The van der Waals surface area contributed by atoms with Crippen LogP contribution in [0.15, 0.2) is 87.2 Å². The quantitative estimate of drug-likeness (QED) is 0.172. The minimum absolute atomic E-state index is 0.132. The Morgan fingerprint density at radius 2 is 1.51 bits per heavy atom. The molecule has 45 heavy (non-hydrogen) atoms. The summed E-state index contributed by atoms with van der Waals surface area (Å²) in [6.45, 7) is 0. The Morgan fingerprint density at radius 1 is 0.867 bits per heavy atom. The topological polar surface area (TPSA) is 184 Å². The number of rotatable bonds is 4. The van der Waals surface area contributed by atoms with E-state index in [-0.39, 0.29) is 34.9 Å². The number of imidazole rings is 2. The molecule has 0 amide bonds. The molecule has 0 saturated heterocycles. The number of ether oxygens (including phenoxy) is 1. The van der Waals surface area contributed by atoms with Crippen molar-refractivity contribution in [3.63, 3.8) is 0 Å². The Hall–Kier alpha value is -6.31. The standard InChI is InChI=1S/C19H14FN3O3.C12H9N3O4/c20-12-8-5-11(6-9-12)7-10-15(24)16-17(25)18(26)23-14-4-2-1-3-13(14)21-19(23)22-16;1-19-11(18)8-9(16)10(17)15-7-5-3-2-4-6(7)13-12(15)14-8/h1-6,8-9,24H,7,10H2,(H,21,22);2-5,16H,1H3,(H,13,14). The number of esters is 1. The van der Waals surface area contributed by atoms with E-state index in [1.54, 1.807) is 60.7 Å². The number of nitrogens with one attached hydrogen (secondary N) is 2. The molecule has 0 unspecified atom stereocenters. The van der Waals surface area contributed by atoms with Gasteiger partial charge in [-0.3, -0.25) is 14.4 Å². The maximum absolute atomic E-state index is 12.9. The lowest BCUT2D eigenvalue weighted by molar-refractivity contribution is 0.0590. The Labute approximate surface area is 250 Å². The van der Waals surface area contributed by atoms with E-state index in [2.05, 4.69) is 24.7 Å². The van der Waals surface area contributed by atoms with Crippen molar-refractivity contribution in [3.05, 3.63) is 126 Å². The fourth-order valence-electron chi connectivity index (χ4n) is 4.89. The van der Waals surface area contributed by atoms with E-state index in [9.17, 15) is 33.8 Å². The molecule has 0 aliphatic rings. The smallest absolute Gasteiger partial charge is 0.360 e. The van der Waals surface area contributed by atoms with Gasteiger partial charge in [0.15, 0.2) is 5.69 Å². The van der Waals surface area contributed by atoms with Crippen LogP contribution >= 0.6 is 0 Å². The monoisotopic (exact) mass is 610 g/mol. The molecule has 4 aromatic heterocycles. The largest absolute Gasteiger partial charge is 0.510 e. The van der Waals surface area contributed by atoms with Crippen molar-refractivity contribution in [2.24, 2.45) is 0 Å². The first-order chi connectivity index (χ1) is 21.7. The highest BCUT2D eigenvalue weighted by molar-refractivity contribution is 5.91. The van der Waals surface area contributed by atoms with Crippen LogP contribution < -0.4 is 21.9 Å². The van der Waals surface area contributed by atoms with Crippen molar-refractivity contribution in [1.82, 2.24) is 28.7 Å². The van der Waals surface area contributed by atoms with Gasteiger partial charge in [-0.25, -0.2) is 28.0 Å². The van der Waals surface area contributed by atoms with Gasteiger partial charge in [0.05, 0.1) is 29.2 Å². The average Bonchev–Trinajstić information content (AvgIpc) is 3.62. The minimum atomic E-state index is -0.865. The molecular formula is C31H23FN6O7. The van der Waals surface area contributed by atoms with Crippen molar-refractivity contribution in [1.29, 1.82) is 0 Å². The molecule has 7 rings (SSSR count). The number of carbonyl (C=O) groups excluding carboxylic acids is 1. The molecular weight excluding hydrogens is 587 g/mol. The van der Waals surface area contributed by atoms with E-state index >= 15 is 0 Å². The Kier molecular flexibility index (Phi) is 7.30. The number of aromatic amines is 2. The first kappa shape index (κ1) is 28.8. The van der Waals surface area contributed by atoms with E-state index in [1.165, 1.54) is 20.9 Å². The van der Waals surface area contributed by atoms with E-state index in [1.807, 2.05) is 0 Å². The van der Waals surface area contributed by atoms with Gasteiger partial charge >= 0.3 is 17.1 Å². The SMILES string of the molecule is COC(=O)c1nc2[nH]c3ccccc3n2c(=O)c1O.O=c1c(=C(O)CCc2ccc(F)cc2)[nH]c2nc3ccccc3n2c1=O. The van der Waals surface area contributed by atoms with E-state index in [0.29, 0.717) is 28.5 Å². The summed E-state index contributed by atoms with van der Waals surface area (Å²) in [5.41, 5.74) is 0.437. The van der Waals surface area contributed by atoms with Crippen molar-refractivity contribution >= 4 is 45.4 Å². The van der Waals surface area contributed by atoms with Crippen LogP contribution in [0.1, 0.15) is 22.5 Å². The highest BCUT2D eigenvalue weighted by atomic mass is 19.1. The number of para-hydroxylation sites is 4. The van der Waals surface area contributed by atoms with Crippen LogP contribution in [-0.2, 0) is 11.2 Å². The van der Waals surface area contributed by atoms with Crippen LogP contribution in [0.25, 0.3) is 39.4 Å². The molecule has 0 atom stereocenters. The van der Waals surface area contributed by atoms with E-state index in [0.717, 1.165) is 12.7 Å². The van der Waals surface area contributed by atoms with Gasteiger partial charge in [-0.15, -0.1) is 0 Å². The second-order valence-electron chi connectivity index (χ2n) is 9.87. The second kappa shape index (κ2) is 11.4. The molecule has 0 bridgehead atoms. The van der Waals surface area contributed by atoms with Gasteiger partial charge in [0, 0.05) is 6.42 Å². The molecule has 7 aromatic rings. The molecule has 0 aliphatic carbocycles. The third-order valence-corrected chi connectivity index (χ3v) is 7.10. The fraction of sp³-hybridized carbons (Fsp3) is 0.0968. The number of nitrogens with zero attached hydrogens (tertiary/aromatic N) is 4. The summed E-state index contributed by atoms with van der Waals surface area (Å²) < 4.78 is 19.8. The van der Waals surface area contributed by atoms with Crippen molar-refractivity contribution < 1.29 is 24.1 Å². The lowest BCUT2D eigenvalue weighted by atomic mass is 10.1. The van der Waals surface area contributed by atoms with Crippen LogP contribution in [0.5, 0.6) is 5.75 Å². The van der Waals surface area contributed by atoms with Crippen LogP contribution in [0.4, 0.5) is 4.39 Å². The zero-order chi connectivity index (χ0) is 31.8. The van der Waals surface area contributed by atoms with E-state index < -0.39 is 34.0 Å². The molecule has 14 heteroatoms. The first-order valence-electron chi connectivity index (χ1n) is 13.5. The average molecular weight is 611 g/mol. The summed E-state index contributed by atoms with van der Waals surface area (Å²) >= 11 is 0. The van der Waals surface area contributed by atoms with Gasteiger partial charge < -0.3 is 24.9 Å². The number of aliphatic hydroxyl groups excluding tert-OH is 1. The van der Waals surface area contributed by atoms with Gasteiger partial charge in [-0.1, -0.05) is 36.4 Å². The number of aryl methyl sites for hydroxylation is 1. The van der Waals surface area contributed by atoms with Crippen LogP contribution in [0.3, 0.4) is 0 Å². The number of halogens is 1. The van der Waals surface area contributed by atoms with Crippen molar-refractivity contribution in [2.45, 2.75) is 12.8 Å². The molecule has 0 saturated carbocycles. The molecule has 226 valence electrons. The van der Waals surface area contributed by atoms with Gasteiger partial charge in [-0.2, -0.15) is 0 Å². The van der Waals surface area contributed by atoms with Gasteiger partial charge in [-0.05, 0) is 48.4 Å². The number of fused-ring (bicyclic) bond motifs is 6. The zero-order valence-corrected chi connectivity index (χ0v) is 23.4. The molecule has 0 aliphatic heterocycles. The summed E-state index contributed by atoms with van der Waals surface area (Å²) in [6.07, 6.45) is 0.530. The third kappa shape index (κ3) is 5.14. The number of aromatic nitrogens is 6. The Balaban J connectivity index is 0.000000167. The van der Waals surface area contributed by atoms with Gasteiger partial charge in [0.25, 0.3) is 5.43 Å². The van der Waals surface area contributed by atoms with Gasteiger partial charge in [0.1, 0.15) is 16.9 Å². The van der Waals surface area contributed by atoms with Crippen LogP contribution in [0.2, 0.25) is 0 Å². The lowest BCUT2D eigenvalue weighted by Gasteiger charge is -2.02. The fourth-order valence-corrected chi connectivity index (χ4v) is 4.89. The molecule has 4 heterocycles. The summed E-state index contributed by atoms with van der Waals surface area (Å²) in [6, 6.07) is 19.9. The molecule has 0 spiro atoms. The zero-order valence-electron chi connectivity index (χ0n) is 23.4. The number of hydrogen-bond donors (Lipinski definition) is 4. The van der Waals surface area contributed by atoms with Crippen LogP contribution in [-0.4, -0.2) is 52.0 Å². The number of methoxy groups -OCH3 is 1. The third-order valence-electron chi connectivity index (χ3n) is 7.10. The maximum atomic E-state index is 12.9. The van der Waals surface area contributed by atoms with Crippen molar-refractivity contribution in [3.8, 4) is 5.75 Å². The second-order valence-corrected chi connectivity index (χ2v) is 9.87. The molecule has 13 nitrogen and oxygen atoms in total. The maximum Gasteiger partial charge on any atom is 0.360 e. The Bertz CT molecular complexity index is 2500. The van der Waals surface area contributed by atoms with E-state index in [4.69, 9.17) is 0 Å². The number of benzene rings is 3. The number of aliphatic hydroxyl groups is 1. The number of hydrogen-bond acceptors (Lipinski definition) is 9. The van der Waals surface area contributed by atoms with Gasteiger partial charge in [0.2, 0.25) is 17.3 Å². The van der Waals surface area contributed by atoms with Crippen LogP contribution in [0, 0.1) is 5.82 Å². The summed E-state index contributed by atoms with van der Waals surface area (Å²) in [7, 11) is 1.15. The molecule has 0 radical (unpaired) electrons. The summed E-state index contributed by atoms with van der Waals surface area (Å²) in [5.74, 6) is -1.80. The molecule has 4 N–H and O–H groups in total. The predicted molar refractivity (Wildman–Crippen MR) is 162 cm³/mol. The van der Waals surface area contributed by atoms with Crippen molar-refractivity contribution in [2.75, 3.05) is 7.11 Å². The highest BCUT2D eigenvalue weighted by Gasteiger charge is 2.21. The summed E-state index contributed by atoms with van der Waals surface area (Å²) in [5, 5.41) is 19.9.